The molecule has 0 amide bonds. The maximum absolute atomic E-state index is 12.1. The molecule has 30 heavy (non-hydrogen) atoms. The van der Waals surface area contributed by atoms with Crippen molar-refractivity contribution in [3.8, 4) is 28.1 Å². The molecule has 0 aliphatic heterocycles. The molecule has 154 valence electrons. The molecule has 5 N–H and O–H groups in total. The molecule has 3 heterocycles. The summed E-state index contributed by atoms with van der Waals surface area (Å²) in [5.74, 6) is 0.802. The number of aromatic nitrogens is 5. The van der Waals surface area contributed by atoms with Crippen LogP contribution in [0.4, 0.5) is 0 Å². The maximum atomic E-state index is 12.1. The van der Waals surface area contributed by atoms with Crippen molar-refractivity contribution in [2.24, 2.45) is 5.73 Å². The Balaban J connectivity index is 1.82. The van der Waals surface area contributed by atoms with Gasteiger partial charge < -0.3 is 20.6 Å². The molecule has 0 aliphatic carbocycles. The average Bonchev–Trinajstić information content (AvgIpc) is 3.32. The average molecular weight is 404 g/mol. The third kappa shape index (κ3) is 3.65. The van der Waals surface area contributed by atoms with E-state index in [9.17, 15) is 4.79 Å². The first kappa shape index (κ1) is 19.7. The lowest BCUT2D eigenvalue weighted by atomic mass is 9.96. The minimum absolute atomic E-state index is 0.224. The van der Waals surface area contributed by atoms with Gasteiger partial charge in [-0.25, -0.2) is 0 Å². The summed E-state index contributed by atoms with van der Waals surface area (Å²) in [6, 6.07) is 7.97. The quantitative estimate of drug-likeness (QED) is 0.377. The van der Waals surface area contributed by atoms with E-state index in [-0.39, 0.29) is 5.56 Å². The van der Waals surface area contributed by atoms with Crippen LogP contribution in [0.25, 0.3) is 22.4 Å². The Morgan fingerprint density at radius 2 is 1.90 bits per heavy atom. The van der Waals surface area contributed by atoms with Crippen molar-refractivity contribution in [1.82, 2.24) is 25.1 Å². The van der Waals surface area contributed by atoms with Crippen LogP contribution in [0.2, 0.25) is 0 Å². The highest BCUT2D eigenvalue weighted by atomic mass is 16.5. The zero-order chi connectivity index (χ0) is 21.1. The van der Waals surface area contributed by atoms with E-state index in [0.29, 0.717) is 24.2 Å². The lowest BCUT2D eigenvalue weighted by Gasteiger charge is -2.10. The third-order valence-corrected chi connectivity index (χ3v) is 5.19. The van der Waals surface area contributed by atoms with Crippen molar-refractivity contribution in [3.63, 3.8) is 0 Å². The van der Waals surface area contributed by atoms with Crippen LogP contribution in [-0.4, -0.2) is 38.8 Å². The van der Waals surface area contributed by atoms with Crippen LogP contribution in [0.3, 0.4) is 0 Å². The maximum Gasteiger partial charge on any atom is 0.273 e. The Hall–Kier alpha value is -3.65. The third-order valence-electron chi connectivity index (χ3n) is 5.19. The van der Waals surface area contributed by atoms with Crippen LogP contribution >= 0.6 is 0 Å². The monoisotopic (exact) mass is 404 g/mol. The molecule has 0 bridgehead atoms. The Kier molecular flexibility index (Phi) is 5.49. The van der Waals surface area contributed by atoms with E-state index < -0.39 is 0 Å². The zero-order valence-electron chi connectivity index (χ0n) is 17.0. The smallest absolute Gasteiger partial charge is 0.273 e. The van der Waals surface area contributed by atoms with E-state index in [0.717, 1.165) is 40.4 Å². The minimum atomic E-state index is -0.224. The summed E-state index contributed by atoms with van der Waals surface area (Å²) in [7, 11) is 1.65. The predicted octanol–water partition coefficient (Wildman–Crippen LogP) is 2.56. The van der Waals surface area contributed by atoms with Crippen molar-refractivity contribution in [2.45, 2.75) is 19.8 Å². The minimum Gasteiger partial charge on any atom is -0.497 e. The van der Waals surface area contributed by atoms with Gasteiger partial charge in [-0.3, -0.25) is 19.9 Å². The van der Waals surface area contributed by atoms with E-state index in [4.69, 9.17) is 10.5 Å². The topological polar surface area (TPSA) is 125 Å². The molecule has 4 rings (SSSR count). The molecule has 4 aromatic rings. The first-order valence-corrected chi connectivity index (χ1v) is 9.73. The molecule has 0 saturated carbocycles. The summed E-state index contributed by atoms with van der Waals surface area (Å²) < 4.78 is 5.30. The molecule has 0 aliphatic rings. The van der Waals surface area contributed by atoms with Crippen molar-refractivity contribution in [2.75, 3.05) is 13.7 Å². The largest absolute Gasteiger partial charge is 0.497 e. The fraction of sp³-hybridized carbons (Fsp3) is 0.227. The molecule has 3 aromatic heterocycles. The van der Waals surface area contributed by atoms with Crippen LogP contribution in [0, 0.1) is 6.92 Å². The van der Waals surface area contributed by atoms with Gasteiger partial charge in [0.1, 0.15) is 5.75 Å². The summed E-state index contributed by atoms with van der Waals surface area (Å²) in [5, 5.41) is 5.28. The van der Waals surface area contributed by atoms with Crippen LogP contribution in [0.5, 0.6) is 5.75 Å². The molecule has 0 radical (unpaired) electrons. The number of ether oxygens (including phenoxy) is 1. The number of aromatic amines is 3. The number of H-pyrrole nitrogens is 3. The normalized spacial score (nSPS) is 11.0. The van der Waals surface area contributed by atoms with Crippen LogP contribution in [-0.2, 0) is 12.8 Å². The summed E-state index contributed by atoms with van der Waals surface area (Å²) in [6.07, 6.45) is 6.11. The lowest BCUT2D eigenvalue weighted by molar-refractivity contribution is 0.415. The molecule has 0 spiro atoms. The number of nitrogens with two attached hydrogens (primary N) is 1. The van der Waals surface area contributed by atoms with Gasteiger partial charge >= 0.3 is 0 Å². The van der Waals surface area contributed by atoms with Crippen molar-refractivity contribution >= 4 is 0 Å². The number of hydrogen-bond donors (Lipinski definition) is 4. The predicted molar refractivity (Wildman–Crippen MR) is 116 cm³/mol. The number of nitrogens with zero attached hydrogens (tertiary/aromatic N) is 2. The van der Waals surface area contributed by atoms with Crippen molar-refractivity contribution in [3.05, 3.63) is 75.9 Å². The van der Waals surface area contributed by atoms with Crippen LogP contribution in [0.1, 0.15) is 22.6 Å². The zero-order valence-corrected chi connectivity index (χ0v) is 17.0. The lowest BCUT2D eigenvalue weighted by Crippen LogP contribution is -2.07. The van der Waals surface area contributed by atoms with Crippen molar-refractivity contribution < 1.29 is 4.74 Å². The van der Waals surface area contributed by atoms with Gasteiger partial charge in [-0.2, -0.15) is 0 Å². The van der Waals surface area contributed by atoms with Gasteiger partial charge in [0.05, 0.1) is 24.1 Å². The van der Waals surface area contributed by atoms with Gasteiger partial charge in [-0.1, -0.05) is 12.1 Å². The Morgan fingerprint density at radius 3 is 2.57 bits per heavy atom. The molecule has 8 heteroatoms. The second-order valence-corrected chi connectivity index (χ2v) is 7.03. The summed E-state index contributed by atoms with van der Waals surface area (Å²) >= 11 is 0. The summed E-state index contributed by atoms with van der Waals surface area (Å²) in [5.41, 5.74) is 12.9. The molecule has 0 saturated heterocycles. The van der Waals surface area contributed by atoms with Gasteiger partial charge in [-0.15, -0.1) is 0 Å². The van der Waals surface area contributed by atoms with E-state index in [1.54, 1.807) is 25.7 Å². The van der Waals surface area contributed by atoms with Gasteiger partial charge in [-0.05, 0) is 43.1 Å². The first-order valence-electron chi connectivity index (χ1n) is 9.73. The number of benzene rings is 1. The van der Waals surface area contributed by atoms with E-state index in [1.165, 1.54) is 5.56 Å². The van der Waals surface area contributed by atoms with Gasteiger partial charge in [0.2, 0.25) is 0 Å². The fourth-order valence-corrected chi connectivity index (χ4v) is 3.80. The number of hydrogen-bond acceptors (Lipinski definition) is 5. The molecule has 1 aromatic carbocycles. The van der Waals surface area contributed by atoms with Crippen molar-refractivity contribution in [1.29, 1.82) is 0 Å². The standard InChI is InChI=1S/C22H24N6O2/c1-13-16(7-8-23)20(14-3-5-15(30-2)6-4-14)18(27-13)11-19-21(25-10-9-24-19)17-12-26-28-22(17)29/h3-6,9-10,12,27H,7-8,11,23H2,1-2H3,(H2,26,28,29). The first-order chi connectivity index (χ1) is 14.6. The van der Waals surface area contributed by atoms with Gasteiger partial charge in [0.15, 0.2) is 0 Å². The van der Waals surface area contributed by atoms with Gasteiger partial charge in [0, 0.05) is 42.0 Å². The van der Waals surface area contributed by atoms with E-state index in [2.05, 4.69) is 32.1 Å². The summed E-state index contributed by atoms with van der Waals surface area (Å²) in [4.78, 5) is 24.6. The SMILES string of the molecule is COc1ccc(-c2c(Cc3nccnc3-c3c[nH][nH]c3=O)[nH]c(C)c2CCN)cc1. The Morgan fingerprint density at radius 1 is 1.13 bits per heavy atom. The summed E-state index contributed by atoms with van der Waals surface area (Å²) in [6.45, 7) is 2.60. The van der Waals surface area contributed by atoms with Gasteiger partial charge in [0.25, 0.3) is 5.56 Å². The second kappa shape index (κ2) is 8.38. The molecular weight excluding hydrogens is 380 g/mol. The number of aryl methyl sites for hydroxylation is 1. The molecule has 8 nitrogen and oxygen atoms in total. The highest BCUT2D eigenvalue weighted by Gasteiger charge is 2.20. The number of rotatable bonds is 7. The highest BCUT2D eigenvalue weighted by Crippen LogP contribution is 2.33. The molecule has 0 fully saturated rings. The molecule has 0 atom stereocenters. The Labute approximate surface area is 173 Å². The molecule has 0 unspecified atom stereocenters. The fourth-order valence-electron chi connectivity index (χ4n) is 3.80. The van der Waals surface area contributed by atoms with Crippen LogP contribution in [0.15, 0.2) is 47.7 Å². The highest BCUT2D eigenvalue weighted by molar-refractivity contribution is 5.73. The Bertz CT molecular complexity index is 1200. The number of nitrogens with one attached hydrogen (secondary N) is 3. The van der Waals surface area contributed by atoms with E-state index in [1.807, 2.05) is 24.3 Å². The number of methoxy groups -OCH3 is 1. The molecular formula is C22H24N6O2. The second-order valence-electron chi connectivity index (χ2n) is 7.03. The van der Waals surface area contributed by atoms with Crippen LogP contribution < -0.4 is 16.0 Å². The van der Waals surface area contributed by atoms with E-state index >= 15 is 0 Å².